The monoisotopic (exact) mass is 553 g/mol. The molecule has 1 aromatic carbocycles. The van der Waals surface area contributed by atoms with E-state index in [1.165, 1.54) is 0 Å². The van der Waals surface area contributed by atoms with E-state index in [0.717, 1.165) is 22.3 Å². The van der Waals surface area contributed by atoms with Gasteiger partial charge in [-0.05, 0) is 63.3 Å². The second-order valence-electron chi connectivity index (χ2n) is 11.8. The van der Waals surface area contributed by atoms with Crippen molar-refractivity contribution in [3.63, 3.8) is 0 Å². The molecule has 2 amide bonds. The first-order chi connectivity index (χ1) is 17.9. The van der Waals surface area contributed by atoms with Crippen LogP contribution in [-0.2, 0) is 34.7 Å². The highest BCUT2D eigenvalue weighted by atomic mass is 32.1. The van der Waals surface area contributed by atoms with Crippen LogP contribution >= 0.6 is 13.5 Å². The number of nitrogens with one attached hydrogen (secondary N) is 1. The molecule has 2 fully saturated rings. The smallest absolute Gasteiger partial charge is 0.311 e. The van der Waals surface area contributed by atoms with E-state index < -0.39 is 33.7 Å². The molecular formula is C32H43NO5S. The molecule has 4 aliphatic rings. The first-order valence-electron chi connectivity index (χ1n) is 13.6. The van der Waals surface area contributed by atoms with Crippen LogP contribution < -0.4 is 5.32 Å². The molecule has 6 nitrogen and oxygen atoms in total. The Kier molecular flexibility index (Phi) is 8.24. The fourth-order valence-corrected chi connectivity index (χ4v) is 8.00. The summed E-state index contributed by atoms with van der Waals surface area (Å²) in [5, 5.41) is 2.58. The fraction of sp³-hybridized carbons (Fsp3) is 0.531. The number of carbonyl (C=O) groups is 3. The van der Waals surface area contributed by atoms with E-state index in [9.17, 15) is 14.4 Å². The van der Waals surface area contributed by atoms with Crippen LogP contribution in [0.25, 0.3) is 0 Å². The molecule has 1 spiro atoms. The quantitative estimate of drug-likeness (QED) is 0.350. The Hall–Kier alpha value is -2.64. The van der Waals surface area contributed by atoms with Gasteiger partial charge >= 0.3 is 5.97 Å². The van der Waals surface area contributed by atoms with E-state index in [1.807, 2.05) is 78.8 Å². The molecule has 1 aliphatic heterocycles. The number of hydrogen-bond acceptors (Lipinski definition) is 5. The molecule has 39 heavy (non-hydrogen) atoms. The summed E-state index contributed by atoms with van der Waals surface area (Å²) in [5.41, 5.74) is 1.41. The van der Waals surface area contributed by atoms with Crippen molar-refractivity contribution in [1.29, 1.82) is 0 Å². The van der Waals surface area contributed by atoms with Gasteiger partial charge in [0.2, 0.25) is 11.8 Å². The molecule has 5 rings (SSSR count). The van der Waals surface area contributed by atoms with Gasteiger partial charge < -0.3 is 9.47 Å². The van der Waals surface area contributed by atoms with Gasteiger partial charge in [-0.25, -0.2) is 0 Å². The van der Waals surface area contributed by atoms with Crippen molar-refractivity contribution in [2.45, 2.75) is 71.3 Å². The van der Waals surface area contributed by atoms with Crippen LogP contribution in [-0.4, -0.2) is 37.1 Å². The Balaban J connectivity index is 0.00000137. The van der Waals surface area contributed by atoms with Gasteiger partial charge in [0.15, 0.2) is 0 Å². The van der Waals surface area contributed by atoms with Crippen molar-refractivity contribution in [3.8, 4) is 0 Å². The Morgan fingerprint density at radius 2 is 1.69 bits per heavy atom. The van der Waals surface area contributed by atoms with Crippen molar-refractivity contribution in [2.24, 2.45) is 23.2 Å². The van der Waals surface area contributed by atoms with Crippen LogP contribution in [0.15, 0.2) is 60.2 Å². The molecule has 7 heteroatoms. The molecule has 3 aliphatic carbocycles. The van der Waals surface area contributed by atoms with Crippen LogP contribution in [0, 0.1) is 23.2 Å². The molecular weight excluding hydrogens is 510 g/mol. The number of hydrogen-bond donors (Lipinski definition) is 1. The highest BCUT2D eigenvalue weighted by molar-refractivity contribution is 7.59. The molecule has 1 saturated heterocycles. The van der Waals surface area contributed by atoms with Crippen molar-refractivity contribution in [3.05, 3.63) is 71.3 Å². The van der Waals surface area contributed by atoms with Gasteiger partial charge in [0.05, 0.1) is 28.3 Å². The topological polar surface area (TPSA) is 81.7 Å². The van der Waals surface area contributed by atoms with Gasteiger partial charge in [-0.15, -0.1) is 0 Å². The second-order valence-corrected chi connectivity index (χ2v) is 11.8. The predicted octanol–water partition coefficient (Wildman–Crippen LogP) is 5.29. The highest BCUT2D eigenvalue weighted by Gasteiger charge is 2.86. The van der Waals surface area contributed by atoms with Crippen molar-refractivity contribution in [2.75, 3.05) is 13.7 Å². The van der Waals surface area contributed by atoms with Gasteiger partial charge in [-0.1, -0.05) is 62.9 Å². The van der Waals surface area contributed by atoms with Gasteiger partial charge in [0, 0.05) is 18.4 Å². The standard InChI is InChI=1S/C30H35NO5.C2H6.H2S/c1-8-12-17-18(9-2)29(16-36-26(34)27(3,4)15-28(5,6)35-7)19-13-10-11-14-20(19)30(29)22(17)21-23(30)25(33)31-24(21)32;1-2;/h8-14,21-23H,2,15-16H2,1,3-7H3,(H,31,32,33);1-2H3;1H2/b12-8-;;. The minimum absolute atomic E-state index is 0. The average molecular weight is 554 g/mol. The lowest BCUT2D eigenvalue weighted by atomic mass is 9.31. The summed E-state index contributed by atoms with van der Waals surface area (Å²) >= 11 is 0. The average Bonchev–Trinajstić information content (AvgIpc) is 3.19. The number of allylic oxidation sites excluding steroid dienone is 4. The lowest BCUT2D eigenvalue weighted by molar-refractivity contribution is -0.167. The highest BCUT2D eigenvalue weighted by Crippen LogP contribution is 2.81. The van der Waals surface area contributed by atoms with Crippen LogP contribution in [0.5, 0.6) is 0 Å². The molecule has 0 bridgehead atoms. The first kappa shape index (κ1) is 30.9. The molecule has 0 aromatic heterocycles. The third kappa shape index (κ3) is 3.83. The number of esters is 1. The van der Waals surface area contributed by atoms with Gasteiger partial charge in [-0.3, -0.25) is 19.7 Å². The zero-order chi connectivity index (χ0) is 28.3. The SMILES string of the molecule is C=CC1=C(/C=C\C)C2C3C(=O)NC(=O)C3C23c2ccccc2C13COC(=O)C(C)(C)CC(C)(C)OC.CC.S. The summed E-state index contributed by atoms with van der Waals surface area (Å²) in [4.78, 5) is 39.5. The van der Waals surface area contributed by atoms with Crippen LogP contribution in [0.4, 0.5) is 0 Å². The number of fused-ring (bicyclic) bond motifs is 4. The van der Waals surface area contributed by atoms with Crippen LogP contribution in [0.1, 0.15) is 66.0 Å². The molecule has 5 atom stereocenters. The zero-order valence-electron chi connectivity index (χ0n) is 24.4. The number of amides is 2. The molecule has 1 N–H and O–H groups in total. The van der Waals surface area contributed by atoms with E-state index in [-0.39, 0.29) is 43.8 Å². The fourth-order valence-electron chi connectivity index (χ4n) is 8.00. The van der Waals surface area contributed by atoms with Gasteiger partial charge in [0.25, 0.3) is 0 Å². The molecule has 5 unspecified atom stereocenters. The largest absolute Gasteiger partial charge is 0.464 e. The number of rotatable bonds is 8. The Labute approximate surface area is 239 Å². The van der Waals surface area contributed by atoms with Crippen LogP contribution in [0.3, 0.4) is 0 Å². The molecule has 212 valence electrons. The number of imide groups is 1. The number of methoxy groups -OCH3 is 1. The summed E-state index contributed by atoms with van der Waals surface area (Å²) in [5.74, 6) is -1.87. The van der Waals surface area contributed by atoms with Gasteiger partial charge in [-0.2, -0.15) is 13.5 Å². The van der Waals surface area contributed by atoms with E-state index >= 15 is 0 Å². The van der Waals surface area contributed by atoms with Crippen molar-refractivity contribution >= 4 is 31.3 Å². The zero-order valence-corrected chi connectivity index (χ0v) is 25.4. The van der Waals surface area contributed by atoms with Gasteiger partial charge in [0.1, 0.15) is 6.61 Å². The van der Waals surface area contributed by atoms with E-state index in [2.05, 4.69) is 24.0 Å². The number of ether oxygens (including phenoxy) is 2. The minimum Gasteiger partial charge on any atom is -0.464 e. The normalized spacial score (nSPS) is 29.9. The number of benzene rings is 1. The Morgan fingerprint density at radius 3 is 2.26 bits per heavy atom. The summed E-state index contributed by atoms with van der Waals surface area (Å²) in [6.45, 7) is 17.8. The second kappa shape index (κ2) is 10.4. The summed E-state index contributed by atoms with van der Waals surface area (Å²) < 4.78 is 11.7. The lowest BCUT2D eigenvalue weighted by Gasteiger charge is -2.68. The lowest BCUT2D eigenvalue weighted by Crippen LogP contribution is -2.74. The molecule has 1 heterocycles. The minimum atomic E-state index is -0.780. The third-order valence-corrected chi connectivity index (χ3v) is 9.12. The maximum Gasteiger partial charge on any atom is 0.311 e. The van der Waals surface area contributed by atoms with Crippen molar-refractivity contribution < 1.29 is 23.9 Å². The third-order valence-electron chi connectivity index (χ3n) is 9.12. The number of carbonyl (C=O) groups excluding carboxylic acids is 3. The van der Waals surface area contributed by atoms with Crippen LogP contribution in [0.2, 0.25) is 0 Å². The van der Waals surface area contributed by atoms with E-state index in [0.29, 0.717) is 6.42 Å². The summed E-state index contributed by atoms with van der Waals surface area (Å²) in [7, 11) is 1.64. The molecule has 0 radical (unpaired) electrons. The predicted molar refractivity (Wildman–Crippen MR) is 158 cm³/mol. The molecule has 1 aromatic rings. The van der Waals surface area contributed by atoms with E-state index in [1.54, 1.807) is 7.11 Å². The maximum absolute atomic E-state index is 13.5. The Morgan fingerprint density at radius 1 is 1.08 bits per heavy atom. The van der Waals surface area contributed by atoms with E-state index in [4.69, 9.17) is 9.47 Å². The molecule has 1 saturated carbocycles. The summed E-state index contributed by atoms with van der Waals surface area (Å²) in [6, 6.07) is 8.05. The Bertz CT molecular complexity index is 1260. The summed E-state index contributed by atoms with van der Waals surface area (Å²) in [6.07, 6.45) is 6.31. The van der Waals surface area contributed by atoms with Crippen molar-refractivity contribution in [1.82, 2.24) is 5.32 Å². The maximum atomic E-state index is 13.5. The first-order valence-corrected chi connectivity index (χ1v) is 13.6.